The van der Waals surface area contributed by atoms with Crippen LogP contribution >= 0.6 is 11.6 Å². The molecule has 0 aliphatic heterocycles. The van der Waals surface area contributed by atoms with E-state index in [0.717, 1.165) is 0 Å². The standard InChI is InChI=1S/C16H10ClFN2O/c17-12-5-3-6-13(18)10(12)8-9-15-19-14-7-2-1-4-11(14)16(21)20-15/h1-9H,(H,19,20,21)/b9-8+. The van der Waals surface area contributed by atoms with Gasteiger partial charge < -0.3 is 4.98 Å². The van der Waals surface area contributed by atoms with Crippen LogP contribution in [0, 0.1) is 5.82 Å². The van der Waals surface area contributed by atoms with Gasteiger partial charge in [0.2, 0.25) is 0 Å². The zero-order valence-corrected chi connectivity index (χ0v) is 11.6. The second-order valence-corrected chi connectivity index (χ2v) is 4.84. The molecule has 3 nitrogen and oxygen atoms in total. The van der Waals surface area contributed by atoms with E-state index in [1.54, 1.807) is 30.3 Å². The lowest BCUT2D eigenvalue weighted by atomic mass is 10.2. The molecule has 3 rings (SSSR count). The lowest BCUT2D eigenvalue weighted by Crippen LogP contribution is -2.09. The van der Waals surface area contributed by atoms with Gasteiger partial charge in [0.05, 0.1) is 15.9 Å². The van der Waals surface area contributed by atoms with Crippen LogP contribution in [0.3, 0.4) is 0 Å². The smallest absolute Gasteiger partial charge is 0.259 e. The molecule has 0 saturated heterocycles. The summed E-state index contributed by atoms with van der Waals surface area (Å²) in [7, 11) is 0. The summed E-state index contributed by atoms with van der Waals surface area (Å²) < 4.78 is 13.7. The molecule has 0 fully saturated rings. The Morgan fingerprint density at radius 3 is 2.71 bits per heavy atom. The van der Waals surface area contributed by atoms with Gasteiger partial charge in [0.15, 0.2) is 0 Å². The second-order valence-electron chi connectivity index (χ2n) is 4.44. The number of nitrogens with one attached hydrogen (secondary N) is 1. The highest BCUT2D eigenvalue weighted by molar-refractivity contribution is 6.32. The van der Waals surface area contributed by atoms with Crippen molar-refractivity contribution < 1.29 is 4.39 Å². The molecule has 21 heavy (non-hydrogen) atoms. The first kappa shape index (κ1) is 13.5. The van der Waals surface area contributed by atoms with E-state index in [9.17, 15) is 9.18 Å². The Morgan fingerprint density at radius 1 is 1.10 bits per heavy atom. The highest BCUT2D eigenvalue weighted by Gasteiger charge is 2.04. The van der Waals surface area contributed by atoms with Crippen molar-refractivity contribution in [3.8, 4) is 0 Å². The molecule has 104 valence electrons. The van der Waals surface area contributed by atoms with Gasteiger partial charge in [0.25, 0.3) is 5.56 Å². The minimum absolute atomic E-state index is 0.236. The van der Waals surface area contributed by atoms with Crippen LogP contribution in [0.15, 0.2) is 47.3 Å². The Morgan fingerprint density at radius 2 is 1.90 bits per heavy atom. The molecule has 0 aliphatic carbocycles. The average Bonchev–Trinajstić information content (AvgIpc) is 2.47. The first-order valence-electron chi connectivity index (χ1n) is 6.26. The second kappa shape index (κ2) is 5.50. The van der Waals surface area contributed by atoms with Gasteiger partial charge in [-0.1, -0.05) is 29.8 Å². The Hall–Kier alpha value is -2.46. The Balaban J connectivity index is 2.06. The summed E-state index contributed by atoms with van der Waals surface area (Å²) in [6, 6.07) is 11.5. The summed E-state index contributed by atoms with van der Waals surface area (Å²) in [5.41, 5.74) is 0.607. The number of aromatic nitrogens is 2. The molecule has 0 aliphatic rings. The maximum Gasteiger partial charge on any atom is 0.259 e. The number of rotatable bonds is 2. The predicted octanol–water partition coefficient (Wildman–Crippen LogP) is 3.89. The van der Waals surface area contributed by atoms with Crippen LogP contribution in [0.1, 0.15) is 11.4 Å². The third-order valence-corrected chi connectivity index (χ3v) is 3.37. The molecule has 3 aromatic rings. The minimum Gasteiger partial charge on any atom is -0.306 e. The van der Waals surface area contributed by atoms with E-state index in [2.05, 4.69) is 9.97 Å². The van der Waals surface area contributed by atoms with Crippen LogP contribution in [0.25, 0.3) is 23.1 Å². The number of hydrogen-bond donors (Lipinski definition) is 1. The number of para-hydroxylation sites is 1. The molecule has 0 atom stereocenters. The number of fused-ring (bicyclic) bond motifs is 1. The molecule has 1 N–H and O–H groups in total. The molecule has 0 saturated carbocycles. The van der Waals surface area contributed by atoms with E-state index in [1.165, 1.54) is 24.3 Å². The van der Waals surface area contributed by atoms with Crippen molar-refractivity contribution in [2.24, 2.45) is 0 Å². The number of halogens is 2. The first-order chi connectivity index (χ1) is 10.1. The van der Waals surface area contributed by atoms with Crippen LogP contribution in [-0.2, 0) is 0 Å². The molecular weight excluding hydrogens is 291 g/mol. The fourth-order valence-corrected chi connectivity index (χ4v) is 2.24. The van der Waals surface area contributed by atoms with Gasteiger partial charge in [-0.25, -0.2) is 9.37 Å². The summed E-state index contributed by atoms with van der Waals surface area (Å²) in [5.74, 6) is -0.0834. The van der Waals surface area contributed by atoms with E-state index in [-0.39, 0.29) is 11.1 Å². The molecule has 0 unspecified atom stereocenters. The summed E-state index contributed by atoms with van der Waals surface area (Å²) in [6.45, 7) is 0. The monoisotopic (exact) mass is 300 g/mol. The topological polar surface area (TPSA) is 45.8 Å². The average molecular weight is 301 g/mol. The van der Waals surface area contributed by atoms with Gasteiger partial charge in [-0.3, -0.25) is 4.79 Å². The summed E-state index contributed by atoms with van der Waals surface area (Å²) in [6.07, 6.45) is 3.02. The summed E-state index contributed by atoms with van der Waals surface area (Å²) in [4.78, 5) is 18.9. The lowest BCUT2D eigenvalue weighted by Gasteiger charge is -2.01. The molecule has 0 amide bonds. The van der Waals surface area contributed by atoms with Crippen molar-refractivity contribution in [1.29, 1.82) is 0 Å². The van der Waals surface area contributed by atoms with E-state index in [0.29, 0.717) is 21.7 Å². The maximum absolute atomic E-state index is 13.7. The molecule has 1 heterocycles. The van der Waals surface area contributed by atoms with Gasteiger partial charge in [0, 0.05) is 5.56 Å². The van der Waals surface area contributed by atoms with Crippen LogP contribution in [-0.4, -0.2) is 9.97 Å². The van der Waals surface area contributed by atoms with Gasteiger partial charge in [0.1, 0.15) is 11.6 Å². The summed E-state index contributed by atoms with van der Waals surface area (Å²) >= 11 is 5.94. The molecular formula is C16H10ClFN2O. The zero-order valence-electron chi connectivity index (χ0n) is 10.8. The Labute approximate surface area is 124 Å². The van der Waals surface area contributed by atoms with Crippen molar-refractivity contribution in [1.82, 2.24) is 9.97 Å². The Kier molecular flexibility index (Phi) is 3.54. The predicted molar refractivity (Wildman–Crippen MR) is 82.7 cm³/mol. The molecule has 2 aromatic carbocycles. The van der Waals surface area contributed by atoms with Gasteiger partial charge in [-0.05, 0) is 36.4 Å². The van der Waals surface area contributed by atoms with Gasteiger partial charge in [-0.15, -0.1) is 0 Å². The van der Waals surface area contributed by atoms with E-state index in [1.807, 2.05) is 0 Å². The third kappa shape index (κ3) is 2.71. The minimum atomic E-state index is -0.429. The number of aromatic amines is 1. The fourth-order valence-electron chi connectivity index (χ4n) is 2.02. The van der Waals surface area contributed by atoms with E-state index in [4.69, 9.17) is 11.6 Å². The van der Waals surface area contributed by atoms with Crippen molar-refractivity contribution in [2.45, 2.75) is 0 Å². The van der Waals surface area contributed by atoms with Crippen molar-refractivity contribution in [2.75, 3.05) is 0 Å². The van der Waals surface area contributed by atoms with Gasteiger partial charge in [-0.2, -0.15) is 0 Å². The fraction of sp³-hybridized carbons (Fsp3) is 0. The van der Waals surface area contributed by atoms with Gasteiger partial charge >= 0.3 is 0 Å². The third-order valence-electron chi connectivity index (χ3n) is 3.04. The molecule has 1 aromatic heterocycles. The molecule has 0 radical (unpaired) electrons. The van der Waals surface area contributed by atoms with Crippen molar-refractivity contribution in [3.05, 3.63) is 75.0 Å². The van der Waals surface area contributed by atoms with E-state index >= 15 is 0 Å². The number of benzene rings is 2. The number of nitrogens with zero attached hydrogens (tertiary/aromatic N) is 1. The molecule has 0 bridgehead atoms. The van der Waals surface area contributed by atoms with Crippen molar-refractivity contribution in [3.63, 3.8) is 0 Å². The van der Waals surface area contributed by atoms with Crippen LogP contribution < -0.4 is 5.56 Å². The molecule has 0 spiro atoms. The highest BCUT2D eigenvalue weighted by atomic mass is 35.5. The van der Waals surface area contributed by atoms with Crippen molar-refractivity contribution >= 4 is 34.7 Å². The maximum atomic E-state index is 13.7. The Bertz CT molecular complexity index is 882. The zero-order chi connectivity index (χ0) is 14.8. The number of H-pyrrole nitrogens is 1. The number of hydrogen-bond acceptors (Lipinski definition) is 2. The van der Waals surface area contributed by atoms with E-state index < -0.39 is 5.82 Å². The largest absolute Gasteiger partial charge is 0.306 e. The first-order valence-corrected chi connectivity index (χ1v) is 6.64. The molecule has 5 heteroatoms. The van der Waals surface area contributed by atoms with Crippen LogP contribution in [0.4, 0.5) is 4.39 Å². The highest BCUT2D eigenvalue weighted by Crippen LogP contribution is 2.21. The summed E-state index contributed by atoms with van der Waals surface area (Å²) in [5, 5.41) is 0.813. The normalized spacial score (nSPS) is 11.3. The quantitative estimate of drug-likeness (QED) is 0.780. The lowest BCUT2D eigenvalue weighted by molar-refractivity contribution is 0.625. The van der Waals surface area contributed by atoms with Crippen LogP contribution in [0.5, 0.6) is 0 Å². The van der Waals surface area contributed by atoms with Crippen LogP contribution in [0.2, 0.25) is 5.02 Å². The SMILES string of the molecule is O=c1[nH]c(/C=C/c2c(F)cccc2Cl)nc2ccccc12.